The number of nitrogens with zero attached hydrogens (tertiary/aromatic N) is 1. The fraction of sp³-hybridized carbons (Fsp3) is 0.182. The molecule has 2 rings (SSSR count). The van der Waals surface area contributed by atoms with Crippen molar-refractivity contribution < 1.29 is 9.53 Å². The van der Waals surface area contributed by atoms with Crippen molar-refractivity contribution in [3.63, 3.8) is 0 Å². The zero-order chi connectivity index (χ0) is 10.8. The summed E-state index contributed by atoms with van der Waals surface area (Å²) in [6.07, 6.45) is 1.39. The number of hydrogen-bond donors (Lipinski definition) is 1. The van der Waals surface area contributed by atoms with Gasteiger partial charge < -0.3 is 4.74 Å². The lowest BCUT2D eigenvalue weighted by Gasteiger charge is -2.00. The summed E-state index contributed by atoms with van der Waals surface area (Å²) in [5.41, 5.74) is 1.88. The first-order valence-corrected chi connectivity index (χ1v) is 5.19. The van der Waals surface area contributed by atoms with Crippen LogP contribution in [0.15, 0.2) is 30.5 Å². The number of rotatable bonds is 1. The minimum Gasteiger partial charge on any atom is -0.452 e. The van der Waals surface area contributed by atoms with Crippen molar-refractivity contribution in [3.05, 3.63) is 36.0 Å². The van der Waals surface area contributed by atoms with Crippen LogP contribution >= 0.6 is 12.6 Å². The maximum absolute atomic E-state index is 11.5. The Bertz CT molecular complexity index is 504. The molecule has 78 valence electrons. The van der Waals surface area contributed by atoms with E-state index in [-0.39, 0.29) is 6.09 Å². The molecule has 0 fully saturated rings. The highest BCUT2D eigenvalue weighted by molar-refractivity contribution is 7.79. The number of thiol groups is 1. The molecule has 3 nitrogen and oxygen atoms in total. The fourth-order valence-electron chi connectivity index (χ4n) is 1.63. The van der Waals surface area contributed by atoms with Gasteiger partial charge in [-0.2, -0.15) is 12.6 Å². The number of carbonyl (C=O) groups excluding carboxylic acids is 1. The molecule has 0 aliphatic rings. The topological polar surface area (TPSA) is 31.2 Å². The van der Waals surface area contributed by atoms with Crippen LogP contribution in [0.2, 0.25) is 0 Å². The molecule has 0 unspecified atom stereocenters. The van der Waals surface area contributed by atoms with Crippen molar-refractivity contribution in [2.24, 2.45) is 0 Å². The van der Waals surface area contributed by atoms with E-state index in [4.69, 9.17) is 4.74 Å². The smallest absolute Gasteiger partial charge is 0.418 e. The zero-order valence-corrected chi connectivity index (χ0v) is 9.20. The minimum atomic E-state index is -0.376. The van der Waals surface area contributed by atoms with E-state index >= 15 is 0 Å². The van der Waals surface area contributed by atoms with Gasteiger partial charge in [0.05, 0.1) is 12.6 Å². The van der Waals surface area contributed by atoms with E-state index in [0.29, 0.717) is 5.75 Å². The second-order valence-electron chi connectivity index (χ2n) is 3.17. The normalized spacial score (nSPS) is 10.5. The summed E-state index contributed by atoms with van der Waals surface area (Å²) >= 11 is 4.23. The van der Waals surface area contributed by atoms with E-state index in [1.165, 1.54) is 11.7 Å². The van der Waals surface area contributed by atoms with Crippen LogP contribution in [0.1, 0.15) is 5.56 Å². The van der Waals surface area contributed by atoms with Crippen molar-refractivity contribution in [1.29, 1.82) is 0 Å². The van der Waals surface area contributed by atoms with Crippen molar-refractivity contribution >= 4 is 29.6 Å². The summed E-state index contributed by atoms with van der Waals surface area (Å²) < 4.78 is 6.20. The molecule has 0 saturated heterocycles. The Kier molecular flexibility index (Phi) is 2.68. The number of fused-ring (bicyclic) bond motifs is 1. The number of benzene rings is 1. The number of ether oxygens (including phenoxy) is 1. The molecule has 1 heterocycles. The van der Waals surface area contributed by atoms with E-state index in [1.807, 2.05) is 24.3 Å². The quantitative estimate of drug-likeness (QED) is 0.751. The standard InChI is InChI=1S/C11H11NO2S/c1-14-11(13)12-6-8(7-15)9-4-2-3-5-10(9)12/h2-6,15H,7H2,1H3. The predicted molar refractivity (Wildman–Crippen MR) is 62.4 cm³/mol. The summed E-state index contributed by atoms with van der Waals surface area (Å²) in [5, 5.41) is 1.04. The van der Waals surface area contributed by atoms with E-state index in [2.05, 4.69) is 12.6 Å². The number of aromatic nitrogens is 1. The molecule has 0 spiro atoms. The van der Waals surface area contributed by atoms with Crippen LogP contribution in [0.5, 0.6) is 0 Å². The van der Waals surface area contributed by atoms with Crippen LogP contribution < -0.4 is 0 Å². The van der Waals surface area contributed by atoms with Crippen LogP contribution in [0.25, 0.3) is 10.9 Å². The summed E-state index contributed by atoms with van der Waals surface area (Å²) in [6, 6.07) is 7.69. The van der Waals surface area contributed by atoms with Gasteiger partial charge in [0, 0.05) is 17.3 Å². The Labute approximate surface area is 93.1 Å². The maximum atomic E-state index is 11.5. The first kappa shape index (κ1) is 10.1. The molecule has 0 aliphatic carbocycles. The van der Waals surface area contributed by atoms with Crippen LogP contribution in [0, 0.1) is 0 Å². The minimum absolute atomic E-state index is 0.376. The van der Waals surface area contributed by atoms with E-state index in [9.17, 15) is 4.79 Å². The summed E-state index contributed by atoms with van der Waals surface area (Å²) in [5.74, 6) is 0.602. The molecule has 1 aromatic heterocycles. The van der Waals surface area contributed by atoms with Gasteiger partial charge in [0.2, 0.25) is 0 Å². The number of hydrogen-bond acceptors (Lipinski definition) is 3. The van der Waals surface area contributed by atoms with Gasteiger partial charge >= 0.3 is 6.09 Å². The second-order valence-corrected chi connectivity index (χ2v) is 3.49. The lowest BCUT2D eigenvalue weighted by atomic mass is 10.2. The average Bonchev–Trinajstić information content (AvgIpc) is 2.67. The molecule has 0 amide bonds. The Balaban J connectivity index is 2.70. The van der Waals surface area contributed by atoms with Crippen molar-refractivity contribution in [1.82, 2.24) is 4.57 Å². The van der Waals surface area contributed by atoms with Gasteiger partial charge in [0.15, 0.2) is 0 Å². The predicted octanol–water partition coefficient (Wildman–Crippen LogP) is 2.69. The molecule has 2 aromatic rings. The number of para-hydroxylation sites is 1. The van der Waals surface area contributed by atoms with Gasteiger partial charge in [-0.1, -0.05) is 18.2 Å². The summed E-state index contributed by atoms with van der Waals surface area (Å²) in [6.45, 7) is 0. The van der Waals surface area contributed by atoms with Crippen molar-refractivity contribution in [2.75, 3.05) is 7.11 Å². The first-order chi connectivity index (χ1) is 7.27. The van der Waals surface area contributed by atoms with Crippen molar-refractivity contribution in [3.8, 4) is 0 Å². The van der Waals surface area contributed by atoms with Crippen LogP contribution in [-0.4, -0.2) is 17.8 Å². The monoisotopic (exact) mass is 221 g/mol. The molecule has 0 saturated carbocycles. The SMILES string of the molecule is COC(=O)n1cc(CS)c2ccccc21. The van der Waals surface area contributed by atoms with E-state index < -0.39 is 0 Å². The fourth-order valence-corrected chi connectivity index (χ4v) is 1.88. The summed E-state index contributed by atoms with van der Waals surface area (Å²) in [7, 11) is 1.37. The lowest BCUT2D eigenvalue weighted by Crippen LogP contribution is -2.09. The molecule has 0 bridgehead atoms. The molecule has 15 heavy (non-hydrogen) atoms. The Morgan fingerprint density at radius 2 is 2.20 bits per heavy atom. The highest BCUT2D eigenvalue weighted by Crippen LogP contribution is 2.22. The molecule has 0 aliphatic heterocycles. The van der Waals surface area contributed by atoms with Crippen LogP contribution in [-0.2, 0) is 10.5 Å². The van der Waals surface area contributed by atoms with E-state index in [1.54, 1.807) is 6.20 Å². The molecule has 0 atom stereocenters. The largest absolute Gasteiger partial charge is 0.452 e. The van der Waals surface area contributed by atoms with Gasteiger partial charge in [-0.3, -0.25) is 4.57 Å². The lowest BCUT2D eigenvalue weighted by molar-refractivity contribution is 0.174. The maximum Gasteiger partial charge on any atom is 0.418 e. The molecule has 0 N–H and O–H groups in total. The Morgan fingerprint density at radius 3 is 2.87 bits per heavy atom. The Hall–Kier alpha value is -1.42. The highest BCUT2D eigenvalue weighted by atomic mass is 32.1. The summed E-state index contributed by atoms with van der Waals surface area (Å²) in [4.78, 5) is 11.5. The number of carbonyl (C=O) groups is 1. The molecule has 0 radical (unpaired) electrons. The van der Waals surface area contributed by atoms with Gasteiger partial charge in [0.25, 0.3) is 0 Å². The third kappa shape index (κ3) is 1.61. The number of methoxy groups -OCH3 is 1. The highest BCUT2D eigenvalue weighted by Gasteiger charge is 2.11. The molecule has 4 heteroatoms. The third-order valence-electron chi connectivity index (χ3n) is 2.34. The van der Waals surface area contributed by atoms with E-state index in [0.717, 1.165) is 16.5 Å². The van der Waals surface area contributed by atoms with Gasteiger partial charge in [-0.15, -0.1) is 0 Å². The average molecular weight is 221 g/mol. The van der Waals surface area contributed by atoms with Gasteiger partial charge in [-0.05, 0) is 11.6 Å². The van der Waals surface area contributed by atoms with Crippen LogP contribution in [0.3, 0.4) is 0 Å². The van der Waals surface area contributed by atoms with Gasteiger partial charge in [0.1, 0.15) is 0 Å². The second kappa shape index (κ2) is 3.98. The third-order valence-corrected chi connectivity index (χ3v) is 2.68. The zero-order valence-electron chi connectivity index (χ0n) is 8.30. The van der Waals surface area contributed by atoms with Crippen molar-refractivity contribution in [2.45, 2.75) is 5.75 Å². The first-order valence-electron chi connectivity index (χ1n) is 4.56. The van der Waals surface area contributed by atoms with Crippen LogP contribution in [0.4, 0.5) is 4.79 Å². The van der Waals surface area contributed by atoms with Gasteiger partial charge in [-0.25, -0.2) is 4.79 Å². The Morgan fingerprint density at radius 1 is 1.47 bits per heavy atom. The molecular formula is C11H11NO2S. The molecule has 1 aromatic carbocycles. The molecular weight excluding hydrogens is 210 g/mol.